The molecule has 0 aliphatic carbocycles. The Morgan fingerprint density at radius 3 is 1.68 bits per heavy atom. The maximum absolute atomic E-state index is 12.2. The molecule has 9 N–H and O–H groups in total. The Bertz CT molecular complexity index is 1050. The molecule has 0 aromatic heterocycles. The fourth-order valence-electron chi connectivity index (χ4n) is 7.03. The molecule has 0 bridgehead atoms. The Kier molecular flexibility index (Phi) is 27.6. The van der Waals surface area contributed by atoms with E-state index in [2.05, 4.69) is 24.4 Å². The van der Waals surface area contributed by atoms with E-state index in [1.807, 2.05) is 6.08 Å². The molecule has 0 aromatic carbocycles. The third-order valence-corrected chi connectivity index (χ3v) is 10.7. The van der Waals surface area contributed by atoms with Crippen LogP contribution in [0.15, 0.2) is 24.3 Å². The third kappa shape index (κ3) is 19.0. The Morgan fingerprint density at radius 1 is 0.625 bits per heavy atom. The molecule has 328 valence electrons. The van der Waals surface area contributed by atoms with Crippen molar-refractivity contribution in [1.29, 1.82) is 0 Å². The van der Waals surface area contributed by atoms with Gasteiger partial charge in [-0.3, -0.25) is 4.79 Å². The second-order valence-electron chi connectivity index (χ2n) is 15.4. The Morgan fingerprint density at radius 2 is 1.12 bits per heavy atom. The topological polar surface area (TPSA) is 228 Å². The minimum atomic E-state index is -1.78. The maximum Gasteiger partial charge on any atom is 0.220 e. The second-order valence-corrected chi connectivity index (χ2v) is 15.4. The summed E-state index contributed by atoms with van der Waals surface area (Å²) in [7, 11) is 0. The van der Waals surface area contributed by atoms with Gasteiger partial charge in [0.25, 0.3) is 0 Å². The number of allylic oxidation sites excluding steroid dienone is 3. The fraction of sp³-hybridized carbons (Fsp3) is 0.881. The van der Waals surface area contributed by atoms with E-state index in [9.17, 15) is 45.6 Å². The van der Waals surface area contributed by atoms with E-state index >= 15 is 0 Å². The number of aliphatic hydroxyl groups excluding tert-OH is 8. The molecule has 0 spiro atoms. The van der Waals surface area contributed by atoms with Gasteiger partial charge in [-0.2, -0.15) is 0 Å². The standard InChI is InChI=1S/C42H77NO13/c1-3-5-6-7-8-9-10-11-12-13-14-15-16-17-18-19-20-21-22-23-24-25-26-31(46)30(43-34(47)4-2)29-53-41-39(52)37(50)40(33(28-45)55-41)56-42-38(51)36(49)35(48)32(27-44)54-42/h21-22,25-26,30-33,35-42,44-46,48-52H,3-20,23-24,27-29H2,1-2H3,(H,43,47)/b22-21+,26-25+. The average Bonchev–Trinajstić information content (AvgIpc) is 3.20. The minimum absolute atomic E-state index is 0.155. The summed E-state index contributed by atoms with van der Waals surface area (Å²) < 4.78 is 22.3. The summed E-state index contributed by atoms with van der Waals surface area (Å²) in [5.41, 5.74) is 0. The molecule has 12 unspecified atom stereocenters. The number of unbranched alkanes of at least 4 members (excludes halogenated alkanes) is 17. The molecule has 14 heteroatoms. The highest BCUT2D eigenvalue weighted by Gasteiger charge is 2.50. The molecule has 2 heterocycles. The van der Waals surface area contributed by atoms with Crippen LogP contribution >= 0.6 is 0 Å². The number of rotatable bonds is 31. The van der Waals surface area contributed by atoms with Crippen LogP contribution in [0.25, 0.3) is 0 Å². The molecule has 14 nitrogen and oxygen atoms in total. The normalized spacial score (nSPS) is 29.6. The van der Waals surface area contributed by atoms with Crippen molar-refractivity contribution in [3.05, 3.63) is 24.3 Å². The van der Waals surface area contributed by atoms with Crippen molar-refractivity contribution in [2.75, 3.05) is 19.8 Å². The van der Waals surface area contributed by atoms with Gasteiger partial charge in [0.05, 0.1) is 32.0 Å². The van der Waals surface area contributed by atoms with Gasteiger partial charge in [0.2, 0.25) is 5.91 Å². The summed E-state index contributed by atoms with van der Waals surface area (Å²) in [5.74, 6) is -0.338. The molecule has 0 radical (unpaired) electrons. The molecule has 0 saturated carbocycles. The molecule has 56 heavy (non-hydrogen) atoms. The van der Waals surface area contributed by atoms with E-state index < -0.39 is 86.8 Å². The lowest BCUT2D eigenvalue weighted by molar-refractivity contribution is -0.359. The van der Waals surface area contributed by atoms with E-state index in [0.29, 0.717) is 6.42 Å². The Balaban J connectivity index is 1.67. The quantitative estimate of drug-likeness (QED) is 0.0362. The predicted octanol–water partition coefficient (Wildman–Crippen LogP) is 3.43. The van der Waals surface area contributed by atoms with Crippen LogP contribution in [0.4, 0.5) is 0 Å². The van der Waals surface area contributed by atoms with Gasteiger partial charge in [0.1, 0.15) is 48.8 Å². The first-order valence-corrected chi connectivity index (χ1v) is 21.6. The lowest BCUT2D eigenvalue weighted by Gasteiger charge is -2.46. The lowest BCUT2D eigenvalue weighted by atomic mass is 9.97. The fourth-order valence-corrected chi connectivity index (χ4v) is 7.03. The number of ether oxygens (including phenoxy) is 4. The molecule has 2 aliphatic rings. The van der Waals surface area contributed by atoms with Crippen molar-refractivity contribution < 1.29 is 64.6 Å². The van der Waals surface area contributed by atoms with Crippen LogP contribution in [-0.4, -0.2) is 140 Å². The van der Waals surface area contributed by atoms with Crippen molar-refractivity contribution in [2.45, 2.75) is 216 Å². The van der Waals surface area contributed by atoms with Crippen LogP contribution in [-0.2, 0) is 23.7 Å². The van der Waals surface area contributed by atoms with E-state index in [1.54, 1.807) is 13.0 Å². The van der Waals surface area contributed by atoms with Crippen molar-refractivity contribution >= 4 is 5.91 Å². The first-order valence-electron chi connectivity index (χ1n) is 21.6. The summed E-state index contributed by atoms with van der Waals surface area (Å²) in [5, 5.41) is 85.2. The average molecular weight is 804 g/mol. The smallest absolute Gasteiger partial charge is 0.220 e. The number of aliphatic hydroxyl groups is 8. The summed E-state index contributed by atoms with van der Waals surface area (Å²) in [6.45, 7) is 2.18. The van der Waals surface area contributed by atoms with Gasteiger partial charge in [-0.1, -0.05) is 134 Å². The van der Waals surface area contributed by atoms with Gasteiger partial charge in [-0.15, -0.1) is 0 Å². The van der Waals surface area contributed by atoms with Crippen LogP contribution in [0.2, 0.25) is 0 Å². The van der Waals surface area contributed by atoms with Gasteiger partial charge < -0.3 is 65.1 Å². The molecular formula is C42H77NO13. The third-order valence-electron chi connectivity index (χ3n) is 10.7. The molecule has 0 aromatic rings. The summed E-state index contributed by atoms with van der Waals surface area (Å²) in [6, 6.07) is -0.923. The highest BCUT2D eigenvalue weighted by Crippen LogP contribution is 2.30. The number of nitrogens with one attached hydrogen (secondary N) is 1. The second kappa shape index (κ2) is 30.5. The number of carbonyl (C=O) groups excluding carboxylic acids is 1. The van der Waals surface area contributed by atoms with E-state index in [4.69, 9.17) is 18.9 Å². The van der Waals surface area contributed by atoms with Crippen molar-refractivity contribution in [1.82, 2.24) is 5.32 Å². The molecule has 2 aliphatic heterocycles. The molecular weight excluding hydrogens is 726 g/mol. The first kappa shape index (κ1) is 50.6. The summed E-state index contributed by atoms with van der Waals surface area (Å²) >= 11 is 0. The number of hydrogen-bond donors (Lipinski definition) is 9. The van der Waals surface area contributed by atoms with Crippen LogP contribution in [0.5, 0.6) is 0 Å². The van der Waals surface area contributed by atoms with Gasteiger partial charge in [0.15, 0.2) is 12.6 Å². The molecule has 12 atom stereocenters. The maximum atomic E-state index is 12.2. The zero-order valence-corrected chi connectivity index (χ0v) is 34.1. The molecule has 2 saturated heterocycles. The number of carbonyl (C=O) groups is 1. The van der Waals surface area contributed by atoms with Crippen molar-refractivity contribution in [2.24, 2.45) is 0 Å². The number of hydrogen-bond acceptors (Lipinski definition) is 13. The van der Waals surface area contributed by atoms with Crippen LogP contribution in [0.3, 0.4) is 0 Å². The zero-order valence-electron chi connectivity index (χ0n) is 34.1. The monoisotopic (exact) mass is 804 g/mol. The highest BCUT2D eigenvalue weighted by atomic mass is 16.7. The van der Waals surface area contributed by atoms with Crippen LogP contribution < -0.4 is 5.32 Å². The SMILES string of the molecule is CCCCCCCCCCCCCCCCCC/C=C/CC/C=C/C(O)C(COC1OC(CO)C(OC2OC(CO)C(O)C(O)C2O)C(O)C1O)NC(=O)CC. The summed E-state index contributed by atoms with van der Waals surface area (Å²) in [6.07, 6.45) is 15.1. The molecule has 2 fully saturated rings. The van der Waals surface area contributed by atoms with Crippen LogP contribution in [0, 0.1) is 0 Å². The van der Waals surface area contributed by atoms with Gasteiger partial charge in [0, 0.05) is 6.42 Å². The minimum Gasteiger partial charge on any atom is -0.394 e. The molecule has 1 amide bonds. The zero-order chi connectivity index (χ0) is 41.1. The Hall–Kier alpha value is -1.53. The Labute approximate surface area is 335 Å². The van der Waals surface area contributed by atoms with Crippen molar-refractivity contribution in [3.8, 4) is 0 Å². The van der Waals surface area contributed by atoms with E-state index in [-0.39, 0.29) is 18.9 Å². The highest BCUT2D eigenvalue weighted by molar-refractivity contribution is 5.75. The molecule has 2 rings (SSSR count). The largest absolute Gasteiger partial charge is 0.394 e. The van der Waals surface area contributed by atoms with Crippen LogP contribution in [0.1, 0.15) is 142 Å². The van der Waals surface area contributed by atoms with E-state index in [0.717, 1.165) is 12.8 Å². The predicted molar refractivity (Wildman–Crippen MR) is 212 cm³/mol. The van der Waals surface area contributed by atoms with Gasteiger partial charge >= 0.3 is 0 Å². The van der Waals surface area contributed by atoms with Gasteiger partial charge in [-0.05, 0) is 25.7 Å². The van der Waals surface area contributed by atoms with Gasteiger partial charge in [-0.25, -0.2) is 0 Å². The lowest BCUT2D eigenvalue weighted by Crippen LogP contribution is -2.65. The number of amides is 1. The summed E-state index contributed by atoms with van der Waals surface area (Å²) in [4.78, 5) is 12.2. The first-order chi connectivity index (χ1) is 27.1. The van der Waals surface area contributed by atoms with E-state index in [1.165, 1.54) is 103 Å². The van der Waals surface area contributed by atoms with Crippen molar-refractivity contribution in [3.63, 3.8) is 0 Å².